The highest BCUT2D eigenvalue weighted by Crippen LogP contribution is 2.16. The fraction of sp³-hybridized carbons (Fsp3) is 0.389. The van der Waals surface area contributed by atoms with Crippen LogP contribution in [0.3, 0.4) is 0 Å². The minimum absolute atomic E-state index is 0.163. The van der Waals surface area contributed by atoms with Crippen molar-refractivity contribution in [3.63, 3.8) is 0 Å². The molecule has 23 heavy (non-hydrogen) atoms. The summed E-state index contributed by atoms with van der Waals surface area (Å²) in [4.78, 5) is 20.8. The van der Waals surface area contributed by atoms with Gasteiger partial charge in [0, 0.05) is 18.3 Å². The number of aromatic nitrogens is 2. The first-order valence-corrected chi connectivity index (χ1v) is 7.91. The molecule has 0 bridgehead atoms. The molecule has 5 heteroatoms. The molecule has 0 aliphatic heterocycles. The fourth-order valence-electron chi connectivity index (χ4n) is 2.18. The van der Waals surface area contributed by atoms with E-state index >= 15 is 0 Å². The molecule has 0 aliphatic rings. The van der Waals surface area contributed by atoms with Gasteiger partial charge in [-0.3, -0.25) is 4.79 Å². The van der Waals surface area contributed by atoms with E-state index in [9.17, 15) is 4.79 Å². The Balaban J connectivity index is 2.10. The van der Waals surface area contributed by atoms with Crippen LogP contribution in [0.5, 0.6) is 0 Å². The van der Waals surface area contributed by atoms with Crippen molar-refractivity contribution in [2.75, 3.05) is 11.9 Å². The number of rotatable bonds is 6. The summed E-state index contributed by atoms with van der Waals surface area (Å²) in [5, 5.41) is 6.12. The summed E-state index contributed by atoms with van der Waals surface area (Å²) in [6.07, 6.45) is 0.949. The van der Waals surface area contributed by atoms with Crippen molar-refractivity contribution in [1.29, 1.82) is 0 Å². The van der Waals surface area contributed by atoms with Crippen LogP contribution >= 0.6 is 0 Å². The molecule has 0 saturated heterocycles. The number of benzene rings is 1. The van der Waals surface area contributed by atoms with E-state index in [2.05, 4.69) is 34.4 Å². The van der Waals surface area contributed by atoms with Gasteiger partial charge in [0.05, 0.1) is 0 Å². The Morgan fingerprint density at radius 2 is 1.96 bits per heavy atom. The number of amides is 1. The molecule has 0 unspecified atom stereocenters. The maximum absolute atomic E-state index is 12.2. The van der Waals surface area contributed by atoms with Gasteiger partial charge < -0.3 is 10.6 Å². The van der Waals surface area contributed by atoms with E-state index in [1.165, 1.54) is 0 Å². The topological polar surface area (TPSA) is 66.9 Å². The summed E-state index contributed by atoms with van der Waals surface area (Å²) in [5.41, 5.74) is 2.48. The highest BCUT2D eigenvalue weighted by molar-refractivity contribution is 5.93. The summed E-state index contributed by atoms with van der Waals surface area (Å²) in [6.45, 7) is 8.73. The van der Waals surface area contributed by atoms with Gasteiger partial charge in [0.15, 0.2) is 0 Å². The van der Waals surface area contributed by atoms with E-state index in [1.807, 2.05) is 31.2 Å². The van der Waals surface area contributed by atoms with Crippen LogP contribution in [0.2, 0.25) is 0 Å². The van der Waals surface area contributed by atoms with E-state index in [1.54, 1.807) is 13.0 Å². The van der Waals surface area contributed by atoms with Crippen LogP contribution in [0.1, 0.15) is 42.1 Å². The van der Waals surface area contributed by atoms with Crippen LogP contribution in [0.15, 0.2) is 30.3 Å². The third-order valence-electron chi connectivity index (χ3n) is 3.37. The second-order valence-electron chi connectivity index (χ2n) is 6.12. The van der Waals surface area contributed by atoms with Crippen molar-refractivity contribution < 1.29 is 4.79 Å². The lowest BCUT2D eigenvalue weighted by atomic mass is 10.1. The minimum Gasteiger partial charge on any atom is -0.351 e. The van der Waals surface area contributed by atoms with Crippen molar-refractivity contribution in [2.45, 2.75) is 34.1 Å². The molecule has 5 nitrogen and oxygen atoms in total. The molecule has 0 fully saturated rings. The normalized spacial score (nSPS) is 10.7. The largest absolute Gasteiger partial charge is 0.351 e. The number of aryl methyl sites for hydroxylation is 2. The number of hydrogen-bond acceptors (Lipinski definition) is 4. The lowest BCUT2D eigenvalue weighted by Crippen LogP contribution is -2.26. The average molecular weight is 312 g/mol. The predicted octanol–water partition coefficient (Wildman–Crippen LogP) is 3.61. The summed E-state index contributed by atoms with van der Waals surface area (Å²) >= 11 is 0. The first-order valence-electron chi connectivity index (χ1n) is 7.91. The Morgan fingerprint density at radius 1 is 1.17 bits per heavy atom. The Hall–Kier alpha value is -2.43. The first-order chi connectivity index (χ1) is 10.9. The maximum Gasteiger partial charge on any atom is 0.270 e. The van der Waals surface area contributed by atoms with Crippen molar-refractivity contribution in [1.82, 2.24) is 15.3 Å². The minimum atomic E-state index is -0.163. The highest BCUT2D eigenvalue weighted by atomic mass is 16.1. The molecule has 2 aromatic rings. The quantitative estimate of drug-likeness (QED) is 0.855. The van der Waals surface area contributed by atoms with Crippen molar-refractivity contribution in [2.24, 2.45) is 5.92 Å². The van der Waals surface area contributed by atoms with Crippen LogP contribution in [0.4, 0.5) is 11.5 Å². The van der Waals surface area contributed by atoms with Crippen LogP contribution < -0.4 is 10.6 Å². The van der Waals surface area contributed by atoms with Gasteiger partial charge in [-0.05, 0) is 43.9 Å². The molecular weight excluding hydrogens is 288 g/mol. The van der Waals surface area contributed by atoms with Crippen LogP contribution in [0, 0.1) is 19.8 Å². The fourth-order valence-corrected chi connectivity index (χ4v) is 2.18. The zero-order chi connectivity index (χ0) is 16.8. The zero-order valence-electron chi connectivity index (χ0n) is 14.2. The number of hydrogen-bond donors (Lipinski definition) is 2. The van der Waals surface area contributed by atoms with Crippen LogP contribution in [-0.4, -0.2) is 22.4 Å². The molecule has 122 valence electrons. The monoisotopic (exact) mass is 312 g/mol. The van der Waals surface area contributed by atoms with E-state index in [-0.39, 0.29) is 5.91 Å². The lowest BCUT2D eigenvalue weighted by Gasteiger charge is -2.10. The summed E-state index contributed by atoms with van der Waals surface area (Å²) in [6, 6.07) is 9.68. The molecule has 1 aromatic carbocycles. The number of anilines is 2. The molecule has 1 heterocycles. The first kappa shape index (κ1) is 16.9. The molecular formula is C18H24N4O. The third kappa shape index (κ3) is 5.36. The number of nitrogens with zero attached hydrogens (tertiary/aromatic N) is 2. The van der Waals surface area contributed by atoms with Gasteiger partial charge in [0.1, 0.15) is 17.3 Å². The lowest BCUT2D eigenvalue weighted by molar-refractivity contribution is 0.0946. The van der Waals surface area contributed by atoms with Gasteiger partial charge in [-0.1, -0.05) is 26.0 Å². The average Bonchev–Trinajstić information content (AvgIpc) is 2.46. The third-order valence-corrected chi connectivity index (χ3v) is 3.37. The highest BCUT2D eigenvalue weighted by Gasteiger charge is 2.10. The van der Waals surface area contributed by atoms with E-state index in [0.29, 0.717) is 29.8 Å². The van der Waals surface area contributed by atoms with Crippen molar-refractivity contribution in [3.8, 4) is 0 Å². The van der Waals surface area contributed by atoms with Gasteiger partial charge in [-0.15, -0.1) is 0 Å². The van der Waals surface area contributed by atoms with Gasteiger partial charge in [0.2, 0.25) is 0 Å². The Labute approximate surface area is 137 Å². The van der Waals surface area contributed by atoms with Crippen LogP contribution in [0.25, 0.3) is 0 Å². The second kappa shape index (κ2) is 7.72. The molecule has 0 spiro atoms. The van der Waals surface area contributed by atoms with E-state index < -0.39 is 0 Å². The molecule has 0 aliphatic carbocycles. The summed E-state index contributed by atoms with van der Waals surface area (Å²) < 4.78 is 0. The van der Waals surface area contributed by atoms with Crippen molar-refractivity contribution in [3.05, 3.63) is 47.4 Å². The van der Waals surface area contributed by atoms with Crippen molar-refractivity contribution >= 4 is 17.4 Å². The van der Waals surface area contributed by atoms with Gasteiger partial charge in [-0.2, -0.15) is 0 Å². The molecule has 0 saturated carbocycles. The standard InChI is InChI=1S/C18H24N4O/c1-12(2)8-9-19-18(23)16-11-17(21-14(4)20-16)22-15-7-5-6-13(3)10-15/h5-7,10-12H,8-9H2,1-4H3,(H,19,23)(H,20,21,22). The van der Waals surface area contributed by atoms with Crippen LogP contribution in [-0.2, 0) is 0 Å². The molecule has 0 atom stereocenters. The SMILES string of the molecule is Cc1cccc(Nc2cc(C(=O)NCCC(C)C)nc(C)n2)c1. The second-order valence-corrected chi connectivity index (χ2v) is 6.12. The Morgan fingerprint density at radius 3 is 2.65 bits per heavy atom. The van der Waals surface area contributed by atoms with Gasteiger partial charge in [-0.25, -0.2) is 9.97 Å². The number of carbonyl (C=O) groups excluding carboxylic acids is 1. The summed E-state index contributed by atoms with van der Waals surface area (Å²) in [7, 11) is 0. The Kier molecular flexibility index (Phi) is 5.68. The van der Waals surface area contributed by atoms with Gasteiger partial charge in [0.25, 0.3) is 5.91 Å². The zero-order valence-corrected chi connectivity index (χ0v) is 14.2. The number of nitrogens with one attached hydrogen (secondary N) is 2. The maximum atomic E-state index is 12.2. The van der Waals surface area contributed by atoms with Gasteiger partial charge >= 0.3 is 0 Å². The molecule has 1 amide bonds. The molecule has 0 radical (unpaired) electrons. The number of carbonyl (C=O) groups is 1. The smallest absolute Gasteiger partial charge is 0.270 e. The molecule has 2 rings (SSSR count). The Bertz CT molecular complexity index is 682. The summed E-state index contributed by atoms with van der Waals surface area (Å²) in [5.74, 6) is 1.58. The predicted molar refractivity (Wildman–Crippen MR) is 93.0 cm³/mol. The molecule has 1 aromatic heterocycles. The van der Waals surface area contributed by atoms with E-state index in [4.69, 9.17) is 0 Å². The molecule has 2 N–H and O–H groups in total. The van der Waals surface area contributed by atoms with E-state index in [0.717, 1.165) is 17.7 Å².